The van der Waals surface area contributed by atoms with Gasteiger partial charge in [0.1, 0.15) is 22.5 Å². The van der Waals surface area contributed by atoms with Crippen molar-refractivity contribution in [3.05, 3.63) is 33.7 Å². The van der Waals surface area contributed by atoms with Crippen molar-refractivity contribution in [3.63, 3.8) is 0 Å². The first-order valence-corrected chi connectivity index (χ1v) is 11.4. The third-order valence-electron chi connectivity index (χ3n) is 5.60. The summed E-state index contributed by atoms with van der Waals surface area (Å²) in [6, 6.07) is 4.63. The first kappa shape index (κ1) is 21.0. The summed E-state index contributed by atoms with van der Waals surface area (Å²) in [5.74, 6) is -0.375. The van der Waals surface area contributed by atoms with Crippen molar-refractivity contribution in [1.82, 2.24) is 19.1 Å². The Kier molecular flexibility index (Phi) is 5.69. The van der Waals surface area contributed by atoms with Crippen LogP contribution in [0.4, 0.5) is 0 Å². The highest BCUT2D eigenvalue weighted by Crippen LogP contribution is 2.29. The number of hydrogen-bond donors (Lipinski definition) is 2. The number of likely N-dealkylation sites (tertiary alicyclic amines) is 1. The van der Waals surface area contributed by atoms with E-state index in [4.69, 9.17) is 5.73 Å². The number of rotatable bonds is 4. The topological polar surface area (TPSA) is 106 Å². The Morgan fingerprint density at radius 2 is 2.00 bits per heavy atom. The summed E-state index contributed by atoms with van der Waals surface area (Å²) in [5.41, 5.74) is 3.82. The molecule has 0 radical (unpaired) electrons. The Labute approximate surface area is 178 Å². The number of hydrogen-bond acceptors (Lipinski definition) is 6. The number of nitrogens with two attached hydrogens (primary N) is 1. The van der Waals surface area contributed by atoms with Crippen molar-refractivity contribution in [1.29, 1.82) is 0 Å². The highest BCUT2D eigenvalue weighted by molar-refractivity contribution is 7.16. The van der Waals surface area contributed by atoms with Crippen molar-refractivity contribution in [3.8, 4) is 0 Å². The number of carbonyl (C=O) groups is 1. The Morgan fingerprint density at radius 1 is 1.30 bits per heavy atom. The number of amides is 1. The van der Waals surface area contributed by atoms with Crippen LogP contribution in [0, 0.1) is 0 Å². The van der Waals surface area contributed by atoms with Crippen LogP contribution >= 0.6 is 11.3 Å². The smallest absolute Gasteiger partial charge is 0.291 e. The maximum absolute atomic E-state index is 12.4. The maximum atomic E-state index is 12.4. The fourth-order valence-electron chi connectivity index (χ4n) is 4.00. The minimum atomic E-state index is -1.28. The van der Waals surface area contributed by atoms with Crippen LogP contribution in [-0.4, -0.2) is 49.2 Å². The Bertz CT molecular complexity index is 1110. The third kappa shape index (κ3) is 4.28. The molecule has 3 N–H and O–H groups in total. The van der Waals surface area contributed by atoms with E-state index in [0.29, 0.717) is 5.52 Å². The zero-order valence-corrected chi connectivity index (χ0v) is 18.3. The van der Waals surface area contributed by atoms with E-state index in [1.165, 1.54) is 56.5 Å². The molecule has 0 atom stereocenters. The second-order valence-corrected chi connectivity index (χ2v) is 9.58. The van der Waals surface area contributed by atoms with Gasteiger partial charge in [-0.15, -0.1) is 11.3 Å². The summed E-state index contributed by atoms with van der Waals surface area (Å²) >= 11 is 1.45. The second-order valence-electron chi connectivity index (χ2n) is 8.69. The van der Waals surface area contributed by atoms with E-state index in [0.717, 1.165) is 20.9 Å². The lowest BCUT2D eigenvalue weighted by molar-refractivity contribution is -0.118. The fourth-order valence-corrected chi connectivity index (χ4v) is 4.90. The zero-order chi connectivity index (χ0) is 21.5. The lowest BCUT2D eigenvalue weighted by Gasteiger charge is -2.25. The fraction of sp³-hybridized carbons (Fsp3) is 0.571. The van der Waals surface area contributed by atoms with E-state index in [2.05, 4.69) is 10.00 Å². The van der Waals surface area contributed by atoms with Crippen LogP contribution in [0.1, 0.15) is 51.8 Å². The van der Waals surface area contributed by atoms with Gasteiger partial charge in [-0.25, -0.2) is 4.68 Å². The number of thiophene rings is 1. The van der Waals surface area contributed by atoms with Gasteiger partial charge in [0.15, 0.2) is 5.82 Å². The van der Waals surface area contributed by atoms with Gasteiger partial charge in [-0.2, -0.15) is 5.10 Å². The second kappa shape index (κ2) is 8.13. The summed E-state index contributed by atoms with van der Waals surface area (Å²) < 4.78 is 2.63. The lowest BCUT2D eigenvalue weighted by Crippen LogP contribution is -2.35. The molecule has 9 heteroatoms. The van der Waals surface area contributed by atoms with Gasteiger partial charge in [-0.1, -0.05) is 6.42 Å². The molecule has 162 valence electrons. The van der Waals surface area contributed by atoms with Gasteiger partial charge in [-0.05, 0) is 70.1 Å². The third-order valence-corrected chi connectivity index (χ3v) is 6.51. The van der Waals surface area contributed by atoms with Crippen LogP contribution in [-0.2, 0) is 16.9 Å². The largest absolute Gasteiger partial charge is 0.382 e. The normalized spacial score (nSPS) is 17.8. The monoisotopic (exact) mass is 431 g/mol. The van der Waals surface area contributed by atoms with Crippen molar-refractivity contribution in [2.24, 2.45) is 5.73 Å². The molecule has 0 unspecified atom stereocenters. The number of primary amides is 1. The van der Waals surface area contributed by atoms with Crippen molar-refractivity contribution in [2.45, 2.75) is 64.1 Å². The molecule has 1 saturated heterocycles. The molecule has 0 spiro atoms. The molecule has 4 heterocycles. The highest BCUT2D eigenvalue weighted by atomic mass is 32.1. The van der Waals surface area contributed by atoms with Gasteiger partial charge in [0.25, 0.3) is 5.56 Å². The zero-order valence-electron chi connectivity index (χ0n) is 17.5. The molecule has 8 nitrogen and oxygen atoms in total. The summed E-state index contributed by atoms with van der Waals surface area (Å²) in [6.45, 7) is 5.62. The Morgan fingerprint density at radius 3 is 2.60 bits per heavy atom. The number of carbonyl (C=O) groups excluding carboxylic acids is 1. The van der Waals surface area contributed by atoms with Gasteiger partial charge in [0.2, 0.25) is 5.91 Å². The average Bonchev–Trinajstić information content (AvgIpc) is 3.33. The molecule has 1 amide bonds. The van der Waals surface area contributed by atoms with E-state index >= 15 is 0 Å². The van der Waals surface area contributed by atoms with E-state index in [9.17, 15) is 14.7 Å². The molecule has 2 fully saturated rings. The van der Waals surface area contributed by atoms with Crippen LogP contribution in [0.25, 0.3) is 15.7 Å². The summed E-state index contributed by atoms with van der Waals surface area (Å²) in [6.07, 6.45) is 7.36. The standard InChI is InChI=1S/C13H14N4O3S.C8H15N/c1-13(2,20)12-15-16(6-9(14)18)10(19)8-5-7-3-4-21-11(7)17(8)12;1-2-6-9(7-3-1)8-4-5-8/h3-5,20H,6H2,1-2H3,(H2,14,18);8H,1-7H2. The molecule has 1 saturated carbocycles. The van der Waals surface area contributed by atoms with Gasteiger partial charge in [0, 0.05) is 11.4 Å². The van der Waals surface area contributed by atoms with Crippen LogP contribution in [0.5, 0.6) is 0 Å². The van der Waals surface area contributed by atoms with E-state index in [1.807, 2.05) is 11.4 Å². The van der Waals surface area contributed by atoms with Crippen LogP contribution in [0.15, 0.2) is 22.3 Å². The van der Waals surface area contributed by atoms with Crippen molar-refractivity contribution in [2.75, 3.05) is 13.1 Å². The SMILES string of the molecule is C1CCN(C2CC2)CC1.CC(C)(O)c1nn(CC(N)=O)c(=O)c2cc3ccsc3n12. The highest BCUT2D eigenvalue weighted by Gasteiger charge is 2.29. The average molecular weight is 432 g/mol. The first-order chi connectivity index (χ1) is 14.3. The van der Waals surface area contributed by atoms with Crippen molar-refractivity contribution >= 4 is 33.0 Å². The van der Waals surface area contributed by atoms with E-state index in [-0.39, 0.29) is 12.4 Å². The van der Waals surface area contributed by atoms with Crippen LogP contribution in [0.3, 0.4) is 0 Å². The van der Waals surface area contributed by atoms with Gasteiger partial charge in [-0.3, -0.25) is 14.0 Å². The first-order valence-electron chi connectivity index (χ1n) is 10.5. The number of aliphatic hydroxyl groups is 1. The molecule has 1 aliphatic carbocycles. The van der Waals surface area contributed by atoms with Crippen molar-refractivity contribution < 1.29 is 9.90 Å². The summed E-state index contributed by atoms with van der Waals surface area (Å²) in [4.78, 5) is 27.0. The molecule has 0 aromatic carbocycles. The molecule has 3 aromatic rings. The number of fused-ring (bicyclic) bond motifs is 3. The molecular weight excluding hydrogens is 402 g/mol. The number of nitrogens with zero attached hydrogens (tertiary/aromatic N) is 4. The van der Waals surface area contributed by atoms with Crippen LogP contribution < -0.4 is 11.3 Å². The number of piperidine rings is 1. The predicted octanol–water partition coefficient (Wildman–Crippen LogP) is 2.06. The lowest BCUT2D eigenvalue weighted by atomic mass is 10.1. The minimum Gasteiger partial charge on any atom is -0.382 e. The molecule has 5 rings (SSSR count). The van der Waals surface area contributed by atoms with Gasteiger partial charge < -0.3 is 15.7 Å². The van der Waals surface area contributed by atoms with E-state index < -0.39 is 17.1 Å². The summed E-state index contributed by atoms with van der Waals surface area (Å²) in [7, 11) is 0. The Balaban J connectivity index is 0.000000200. The van der Waals surface area contributed by atoms with Crippen LogP contribution in [0.2, 0.25) is 0 Å². The van der Waals surface area contributed by atoms with E-state index in [1.54, 1.807) is 24.3 Å². The molecule has 2 aliphatic rings. The maximum Gasteiger partial charge on any atom is 0.291 e. The number of aromatic nitrogens is 3. The van der Waals surface area contributed by atoms with Gasteiger partial charge in [0.05, 0.1) is 0 Å². The molecule has 1 aliphatic heterocycles. The molecule has 0 bridgehead atoms. The Hall–Kier alpha value is -2.23. The predicted molar refractivity (Wildman–Crippen MR) is 118 cm³/mol. The molecular formula is C21H29N5O3S. The quantitative estimate of drug-likeness (QED) is 0.658. The molecule has 30 heavy (non-hydrogen) atoms. The molecule has 3 aromatic heterocycles. The minimum absolute atomic E-state index is 0.288. The van der Waals surface area contributed by atoms with Gasteiger partial charge >= 0.3 is 0 Å². The summed E-state index contributed by atoms with van der Waals surface area (Å²) in [5, 5.41) is 17.3.